The van der Waals surface area contributed by atoms with Crippen LogP contribution in [0.15, 0.2) is 24.3 Å². The van der Waals surface area contributed by atoms with Crippen molar-refractivity contribution >= 4 is 55.5 Å². The van der Waals surface area contributed by atoms with E-state index in [-0.39, 0.29) is 23.9 Å². The van der Waals surface area contributed by atoms with Crippen LogP contribution < -0.4 is 4.90 Å². The van der Waals surface area contributed by atoms with Gasteiger partial charge in [0.2, 0.25) is 5.91 Å². The van der Waals surface area contributed by atoms with Gasteiger partial charge in [-0.3, -0.25) is 9.69 Å². The third kappa shape index (κ3) is 4.13. The van der Waals surface area contributed by atoms with Crippen LogP contribution in [0.5, 0.6) is 0 Å². The van der Waals surface area contributed by atoms with Crippen molar-refractivity contribution in [1.82, 2.24) is 4.98 Å². The van der Waals surface area contributed by atoms with E-state index in [4.69, 9.17) is 16.3 Å². The van der Waals surface area contributed by atoms with E-state index >= 15 is 0 Å². The number of aromatic nitrogens is 1. The lowest BCUT2D eigenvalue weighted by Gasteiger charge is -2.22. The van der Waals surface area contributed by atoms with Crippen LogP contribution in [0.4, 0.5) is 13.9 Å². The van der Waals surface area contributed by atoms with Gasteiger partial charge < -0.3 is 4.74 Å². The number of benzene rings is 1. The van der Waals surface area contributed by atoms with Crippen LogP contribution in [0.25, 0.3) is 10.2 Å². The predicted molar refractivity (Wildman–Crippen MR) is 104 cm³/mol. The number of thiophene rings is 1. The summed E-state index contributed by atoms with van der Waals surface area (Å²) in [7, 11) is 0. The van der Waals surface area contributed by atoms with Gasteiger partial charge in [-0.1, -0.05) is 22.9 Å². The van der Waals surface area contributed by atoms with Gasteiger partial charge in [0.05, 0.1) is 28.1 Å². The zero-order chi connectivity index (χ0) is 19.0. The number of nitrogens with zero attached hydrogens (tertiary/aromatic N) is 2. The number of halogens is 3. The number of amides is 1. The Morgan fingerprint density at radius 3 is 2.89 bits per heavy atom. The topological polar surface area (TPSA) is 42.4 Å². The van der Waals surface area contributed by atoms with Crippen molar-refractivity contribution < 1.29 is 18.3 Å². The van der Waals surface area contributed by atoms with Crippen LogP contribution in [0.3, 0.4) is 0 Å². The fourth-order valence-electron chi connectivity index (χ4n) is 3.03. The Kier molecular flexibility index (Phi) is 5.41. The number of ether oxygens (including phenoxy) is 1. The van der Waals surface area contributed by atoms with Gasteiger partial charge in [0.15, 0.2) is 10.9 Å². The lowest BCUT2D eigenvalue weighted by atomic mass is 10.2. The minimum Gasteiger partial charge on any atom is -0.376 e. The average Bonchev–Trinajstić information content (AvgIpc) is 3.33. The van der Waals surface area contributed by atoms with Crippen LogP contribution >= 0.6 is 34.3 Å². The molecule has 0 bridgehead atoms. The van der Waals surface area contributed by atoms with E-state index in [9.17, 15) is 13.6 Å². The third-order valence-corrected chi connectivity index (χ3v) is 6.55. The van der Waals surface area contributed by atoms with Crippen LogP contribution in [0, 0.1) is 11.6 Å². The Balaban J connectivity index is 1.66. The normalized spacial score (nSPS) is 16.9. The number of anilines is 1. The summed E-state index contributed by atoms with van der Waals surface area (Å²) in [4.78, 5) is 19.6. The number of fused-ring (bicyclic) bond motifs is 1. The molecule has 27 heavy (non-hydrogen) atoms. The van der Waals surface area contributed by atoms with Crippen molar-refractivity contribution in [3.63, 3.8) is 0 Å². The molecule has 1 aliphatic rings. The van der Waals surface area contributed by atoms with E-state index in [2.05, 4.69) is 4.98 Å². The fraction of sp³-hybridized carbons (Fsp3) is 0.333. The minimum absolute atomic E-state index is 0.0701. The summed E-state index contributed by atoms with van der Waals surface area (Å²) in [5, 5.41) is 0.345. The van der Waals surface area contributed by atoms with Crippen LogP contribution in [0.1, 0.15) is 17.7 Å². The van der Waals surface area contributed by atoms with E-state index in [1.165, 1.54) is 22.3 Å². The molecule has 1 aromatic carbocycles. The zero-order valence-electron chi connectivity index (χ0n) is 14.1. The molecule has 142 valence electrons. The molecule has 0 radical (unpaired) electrons. The zero-order valence-corrected chi connectivity index (χ0v) is 16.5. The molecule has 2 aromatic heterocycles. The summed E-state index contributed by atoms with van der Waals surface area (Å²) < 4.78 is 34.2. The molecule has 1 amide bonds. The molecule has 0 N–H and O–H groups in total. The second-order valence-corrected chi connectivity index (χ2v) is 9.06. The standard InChI is InChI=1S/C18H15ClF2N2O2S2/c19-15-4-3-12(26-15)8-16(24)23(9-11-2-1-5-25-11)18-22-17-13(21)6-10(20)7-14(17)27-18/h3-4,6-7,11H,1-2,5,8-9H2. The predicted octanol–water partition coefficient (Wildman–Crippen LogP) is 5.04. The van der Waals surface area contributed by atoms with Gasteiger partial charge in [0.25, 0.3) is 0 Å². The molecule has 0 aliphatic carbocycles. The maximum Gasteiger partial charge on any atom is 0.234 e. The van der Waals surface area contributed by atoms with E-state index in [0.717, 1.165) is 35.1 Å². The number of hydrogen-bond acceptors (Lipinski definition) is 5. The maximum absolute atomic E-state index is 14.0. The van der Waals surface area contributed by atoms with Crippen LogP contribution in [-0.2, 0) is 16.0 Å². The summed E-state index contributed by atoms with van der Waals surface area (Å²) >= 11 is 8.39. The van der Waals surface area contributed by atoms with Gasteiger partial charge in [0.1, 0.15) is 11.3 Å². The highest BCUT2D eigenvalue weighted by molar-refractivity contribution is 7.22. The lowest BCUT2D eigenvalue weighted by Crippen LogP contribution is -2.38. The average molecular weight is 429 g/mol. The summed E-state index contributed by atoms with van der Waals surface area (Å²) in [6.07, 6.45) is 1.86. The Morgan fingerprint density at radius 2 is 2.19 bits per heavy atom. The molecule has 3 aromatic rings. The molecule has 4 nitrogen and oxygen atoms in total. The maximum atomic E-state index is 14.0. The molecule has 1 aliphatic heterocycles. The number of hydrogen-bond donors (Lipinski definition) is 0. The minimum atomic E-state index is -0.734. The number of thiazole rings is 1. The first-order chi connectivity index (χ1) is 13.0. The summed E-state index contributed by atoms with van der Waals surface area (Å²) in [6.45, 7) is 0.995. The van der Waals surface area contributed by atoms with E-state index in [1.807, 2.05) is 6.07 Å². The molecule has 3 heterocycles. The van der Waals surface area contributed by atoms with Gasteiger partial charge in [-0.05, 0) is 31.0 Å². The molecule has 1 fully saturated rings. The fourth-order valence-corrected chi connectivity index (χ4v) is 5.14. The summed E-state index contributed by atoms with van der Waals surface area (Å²) in [5.74, 6) is -1.58. The van der Waals surface area contributed by atoms with Crippen molar-refractivity contribution in [2.75, 3.05) is 18.1 Å². The Labute approximate surface area is 167 Å². The third-order valence-electron chi connectivity index (χ3n) is 4.30. The largest absolute Gasteiger partial charge is 0.376 e. The summed E-state index contributed by atoms with van der Waals surface area (Å²) in [5.41, 5.74) is 0.0701. The number of carbonyl (C=O) groups is 1. The Bertz CT molecular complexity index is 985. The van der Waals surface area contributed by atoms with Crippen LogP contribution in [-0.4, -0.2) is 30.1 Å². The van der Waals surface area contributed by atoms with Crippen molar-refractivity contribution in [1.29, 1.82) is 0 Å². The first-order valence-corrected chi connectivity index (χ1v) is 10.4. The van der Waals surface area contributed by atoms with Crippen molar-refractivity contribution in [2.24, 2.45) is 0 Å². The second-order valence-electron chi connectivity index (χ2n) is 6.25. The van der Waals surface area contributed by atoms with Gasteiger partial charge in [-0.25, -0.2) is 13.8 Å². The Morgan fingerprint density at radius 1 is 1.33 bits per heavy atom. The molecular weight excluding hydrogens is 414 g/mol. The van der Waals surface area contributed by atoms with Crippen molar-refractivity contribution in [3.8, 4) is 0 Å². The molecule has 0 saturated carbocycles. The van der Waals surface area contributed by atoms with Gasteiger partial charge >= 0.3 is 0 Å². The summed E-state index contributed by atoms with van der Waals surface area (Å²) in [6, 6.07) is 5.58. The van der Waals surface area contributed by atoms with Gasteiger partial charge in [-0.2, -0.15) is 0 Å². The molecule has 1 unspecified atom stereocenters. The lowest BCUT2D eigenvalue weighted by molar-refractivity contribution is -0.118. The molecule has 1 saturated heterocycles. The highest BCUT2D eigenvalue weighted by Crippen LogP contribution is 2.33. The SMILES string of the molecule is O=C(Cc1ccc(Cl)s1)N(CC1CCCO1)c1nc2c(F)cc(F)cc2s1. The molecule has 1 atom stereocenters. The van der Waals surface area contributed by atoms with E-state index < -0.39 is 11.6 Å². The highest BCUT2D eigenvalue weighted by Gasteiger charge is 2.27. The van der Waals surface area contributed by atoms with Crippen molar-refractivity contribution in [3.05, 3.63) is 45.1 Å². The van der Waals surface area contributed by atoms with Crippen molar-refractivity contribution in [2.45, 2.75) is 25.4 Å². The van der Waals surface area contributed by atoms with Crippen LogP contribution in [0.2, 0.25) is 4.34 Å². The molecule has 9 heteroatoms. The quantitative estimate of drug-likeness (QED) is 0.571. The van der Waals surface area contributed by atoms with Gasteiger partial charge in [0, 0.05) is 17.6 Å². The first-order valence-electron chi connectivity index (χ1n) is 8.41. The molecule has 0 spiro atoms. The highest BCUT2D eigenvalue weighted by atomic mass is 35.5. The number of rotatable bonds is 5. The first kappa shape index (κ1) is 18.7. The number of carbonyl (C=O) groups excluding carboxylic acids is 1. The second kappa shape index (κ2) is 7.79. The molecule has 4 rings (SSSR count). The van der Waals surface area contributed by atoms with E-state index in [1.54, 1.807) is 6.07 Å². The smallest absolute Gasteiger partial charge is 0.234 e. The molecular formula is C18H15ClF2N2O2S2. The monoisotopic (exact) mass is 428 g/mol. The Hall–Kier alpha value is -1.61. The van der Waals surface area contributed by atoms with E-state index in [0.29, 0.717) is 27.3 Å². The van der Waals surface area contributed by atoms with Gasteiger partial charge in [-0.15, -0.1) is 11.3 Å².